The molecular weight excluding hydrogens is 535 g/mol. The predicted octanol–water partition coefficient (Wildman–Crippen LogP) is 2.29. The van der Waals surface area contributed by atoms with Crippen LogP contribution in [0, 0.1) is 5.82 Å². The van der Waals surface area contributed by atoms with Crippen molar-refractivity contribution in [3.05, 3.63) is 47.2 Å². The molecular formula is C25H27FN4O6S2. The van der Waals surface area contributed by atoms with E-state index >= 15 is 4.39 Å². The Hall–Kier alpha value is -3.42. The van der Waals surface area contributed by atoms with Crippen LogP contribution in [0.5, 0.6) is 0 Å². The van der Waals surface area contributed by atoms with Crippen LogP contribution in [0.4, 0.5) is 10.1 Å². The van der Waals surface area contributed by atoms with Crippen molar-refractivity contribution in [1.82, 2.24) is 15.6 Å². The highest BCUT2D eigenvalue weighted by molar-refractivity contribution is 7.92. The molecule has 0 aliphatic heterocycles. The topological polar surface area (TPSA) is 155 Å². The Morgan fingerprint density at radius 2 is 1.89 bits per heavy atom. The Bertz CT molecular complexity index is 1470. The fourth-order valence-electron chi connectivity index (χ4n) is 3.81. The van der Waals surface area contributed by atoms with Crippen LogP contribution < -0.4 is 16.0 Å². The van der Waals surface area contributed by atoms with Crippen molar-refractivity contribution in [2.24, 2.45) is 0 Å². The summed E-state index contributed by atoms with van der Waals surface area (Å²) in [4.78, 5) is 40.6. The molecule has 1 saturated carbocycles. The van der Waals surface area contributed by atoms with Gasteiger partial charge in [-0.2, -0.15) is 0 Å². The van der Waals surface area contributed by atoms with Crippen molar-refractivity contribution < 1.29 is 32.3 Å². The van der Waals surface area contributed by atoms with E-state index in [0.717, 1.165) is 24.2 Å². The average molecular weight is 563 g/mol. The minimum absolute atomic E-state index is 0.0596. The SMILES string of the molecule is CC(=O)Nc1ccc(-c2cc3sc(C(C(=O)NCC(=O)NC4CC4)S(=O)(=O)CCCO)nc3cc2F)cc1. The molecule has 3 amide bonds. The van der Waals surface area contributed by atoms with Gasteiger partial charge in [-0.15, -0.1) is 11.3 Å². The molecule has 10 nitrogen and oxygen atoms in total. The number of carbonyl (C=O) groups is 3. The summed E-state index contributed by atoms with van der Waals surface area (Å²) >= 11 is 0.940. The summed E-state index contributed by atoms with van der Waals surface area (Å²) in [6, 6.07) is 9.32. The molecule has 1 fully saturated rings. The number of amides is 3. The molecule has 1 unspecified atom stereocenters. The van der Waals surface area contributed by atoms with E-state index in [9.17, 15) is 22.8 Å². The molecule has 0 saturated heterocycles. The van der Waals surface area contributed by atoms with Crippen molar-refractivity contribution in [3.8, 4) is 11.1 Å². The zero-order valence-electron chi connectivity index (χ0n) is 20.5. The minimum Gasteiger partial charge on any atom is -0.396 e. The van der Waals surface area contributed by atoms with Crippen LogP contribution >= 0.6 is 11.3 Å². The number of rotatable bonds is 11. The Kier molecular flexibility index (Phi) is 8.38. The molecule has 2 aromatic carbocycles. The van der Waals surface area contributed by atoms with Crippen LogP contribution in [0.25, 0.3) is 21.3 Å². The monoisotopic (exact) mass is 562 g/mol. The summed E-state index contributed by atoms with van der Waals surface area (Å²) in [6.45, 7) is 0.607. The Morgan fingerprint density at radius 3 is 2.53 bits per heavy atom. The second-order valence-corrected chi connectivity index (χ2v) is 12.3. The van der Waals surface area contributed by atoms with E-state index in [4.69, 9.17) is 5.11 Å². The number of aliphatic hydroxyl groups excluding tert-OH is 1. The van der Waals surface area contributed by atoms with Gasteiger partial charge in [0.1, 0.15) is 10.8 Å². The number of halogens is 1. The highest BCUT2D eigenvalue weighted by atomic mass is 32.2. The molecule has 1 aromatic heterocycles. The van der Waals surface area contributed by atoms with Gasteiger partial charge >= 0.3 is 0 Å². The van der Waals surface area contributed by atoms with Crippen LogP contribution in [-0.4, -0.2) is 61.2 Å². The number of sulfone groups is 1. The first-order chi connectivity index (χ1) is 18.1. The molecule has 13 heteroatoms. The number of fused-ring (bicyclic) bond motifs is 1. The van der Waals surface area contributed by atoms with E-state index in [1.54, 1.807) is 24.3 Å². The zero-order chi connectivity index (χ0) is 27.4. The Balaban J connectivity index is 1.64. The molecule has 1 aliphatic rings. The molecule has 1 atom stereocenters. The first-order valence-electron chi connectivity index (χ1n) is 11.9. The molecule has 3 aromatic rings. The van der Waals surface area contributed by atoms with Gasteiger partial charge in [0.05, 0.1) is 22.5 Å². The molecule has 4 N–H and O–H groups in total. The number of nitrogens with zero attached hydrogens (tertiary/aromatic N) is 1. The number of aromatic nitrogens is 1. The first kappa shape index (κ1) is 27.6. The lowest BCUT2D eigenvalue weighted by Gasteiger charge is -2.15. The molecule has 38 heavy (non-hydrogen) atoms. The number of benzene rings is 2. The maximum absolute atomic E-state index is 15.0. The van der Waals surface area contributed by atoms with Crippen molar-refractivity contribution in [2.75, 3.05) is 24.2 Å². The molecule has 1 heterocycles. The normalized spacial score (nSPS) is 14.2. The Morgan fingerprint density at radius 1 is 1.18 bits per heavy atom. The molecule has 4 rings (SSSR count). The molecule has 0 bridgehead atoms. The maximum Gasteiger partial charge on any atom is 0.245 e. The van der Waals surface area contributed by atoms with Crippen molar-refractivity contribution >= 4 is 54.8 Å². The summed E-state index contributed by atoms with van der Waals surface area (Å²) in [5, 5.41) is 15.1. The number of aliphatic hydroxyl groups is 1. The van der Waals surface area contributed by atoms with Crippen molar-refractivity contribution in [3.63, 3.8) is 0 Å². The third-order valence-corrected chi connectivity index (χ3v) is 9.03. The quantitative estimate of drug-likeness (QED) is 0.280. The number of hydrogen-bond donors (Lipinski definition) is 4. The average Bonchev–Trinajstić information content (AvgIpc) is 3.58. The maximum atomic E-state index is 15.0. The van der Waals surface area contributed by atoms with Crippen molar-refractivity contribution in [1.29, 1.82) is 0 Å². The van der Waals surface area contributed by atoms with Crippen LogP contribution in [0.1, 0.15) is 36.4 Å². The third-order valence-electron chi connectivity index (χ3n) is 5.78. The van der Waals surface area contributed by atoms with Crippen LogP contribution in [0.2, 0.25) is 0 Å². The zero-order valence-corrected chi connectivity index (χ0v) is 22.1. The van der Waals surface area contributed by atoms with E-state index < -0.39 is 38.5 Å². The van der Waals surface area contributed by atoms with Gasteiger partial charge in [0.25, 0.3) is 0 Å². The lowest BCUT2D eigenvalue weighted by molar-refractivity contribution is -0.126. The first-order valence-corrected chi connectivity index (χ1v) is 14.5. The van der Waals surface area contributed by atoms with E-state index in [1.807, 2.05) is 0 Å². The van der Waals surface area contributed by atoms with Crippen LogP contribution in [0.3, 0.4) is 0 Å². The van der Waals surface area contributed by atoms with Gasteiger partial charge in [0, 0.05) is 36.9 Å². The van der Waals surface area contributed by atoms with Crippen molar-refractivity contribution in [2.45, 2.75) is 37.5 Å². The van der Waals surface area contributed by atoms with Crippen LogP contribution in [0.15, 0.2) is 36.4 Å². The third kappa shape index (κ3) is 6.71. The molecule has 1 aliphatic carbocycles. The predicted molar refractivity (Wildman–Crippen MR) is 142 cm³/mol. The van der Waals surface area contributed by atoms with E-state index in [1.165, 1.54) is 19.1 Å². The number of anilines is 1. The van der Waals surface area contributed by atoms with E-state index in [2.05, 4.69) is 20.9 Å². The smallest absolute Gasteiger partial charge is 0.245 e. The Labute approximate surface area is 222 Å². The fourth-order valence-corrected chi connectivity index (χ4v) is 6.90. The molecule has 0 spiro atoms. The van der Waals surface area contributed by atoms with Gasteiger partial charge in [0.2, 0.25) is 17.7 Å². The minimum atomic E-state index is -4.11. The highest BCUT2D eigenvalue weighted by Gasteiger charge is 2.37. The van der Waals surface area contributed by atoms with Gasteiger partial charge in [-0.25, -0.2) is 17.8 Å². The van der Waals surface area contributed by atoms with Gasteiger partial charge in [-0.1, -0.05) is 12.1 Å². The standard InChI is InChI=1S/C25H27FN4O6S2/c1-14(32)28-16-5-3-15(4-6-16)18-11-21-20(12-19(18)26)30-25(37-21)23(38(35,36)10-2-9-31)24(34)27-13-22(33)29-17-7-8-17/h3-6,11-12,17,23,31H,2,7-10,13H2,1H3,(H,27,34)(H,28,32)(H,29,33). The lowest BCUT2D eigenvalue weighted by Crippen LogP contribution is -2.41. The van der Waals surface area contributed by atoms with E-state index in [0.29, 0.717) is 16.0 Å². The largest absolute Gasteiger partial charge is 0.396 e. The number of hydrogen-bond acceptors (Lipinski definition) is 8. The second-order valence-electron chi connectivity index (χ2n) is 8.99. The second kappa shape index (κ2) is 11.5. The number of carbonyl (C=O) groups excluding carboxylic acids is 3. The van der Waals surface area contributed by atoms with Gasteiger partial charge < -0.3 is 21.1 Å². The summed E-state index contributed by atoms with van der Waals surface area (Å²) in [6.07, 6.45) is 1.65. The van der Waals surface area contributed by atoms with Gasteiger partial charge in [-0.3, -0.25) is 14.4 Å². The van der Waals surface area contributed by atoms with Gasteiger partial charge in [-0.05, 0) is 43.0 Å². The number of thiazole rings is 1. The summed E-state index contributed by atoms with van der Waals surface area (Å²) < 4.78 is 41.7. The van der Waals surface area contributed by atoms with Gasteiger partial charge in [0.15, 0.2) is 15.1 Å². The lowest BCUT2D eigenvalue weighted by atomic mass is 10.0. The van der Waals surface area contributed by atoms with E-state index in [-0.39, 0.29) is 47.6 Å². The summed E-state index contributed by atoms with van der Waals surface area (Å²) in [5.74, 6) is -2.64. The molecule has 0 radical (unpaired) electrons. The summed E-state index contributed by atoms with van der Waals surface area (Å²) in [7, 11) is -4.11. The summed E-state index contributed by atoms with van der Waals surface area (Å²) in [5.41, 5.74) is 1.50. The number of nitrogens with one attached hydrogen (secondary N) is 3. The molecule has 202 valence electrons. The highest BCUT2D eigenvalue weighted by Crippen LogP contribution is 2.36. The fraction of sp³-hybridized carbons (Fsp3) is 0.360. The van der Waals surface area contributed by atoms with Crippen LogP contribution in [-0.2, 0) is 24.2 Å².